The number of nitrogens with two attached hydrogens (primary N) is 1. The normalized spacial score (nSPS) is 23.4. The lowest BCUT2D eigenvalue weighted by atomic mass is 10.1. The molecule has 17 heavy (non-hydrogen) atoms. The summed E-state index contributed by atoms with van der Waals surface area (Å²) in [6.07, 6.45) is 0.464. The Morgan fingerprint density at radius 2 is 2.24 bits per heavy atom. The van der Waals surface area contributed by atoms with Gasteiger partial charge in [0.2, 0.25) is 0 Å². The molecular formula is C12H24N2O3. The topological polar surface area (TPSA) is 64.8 Å². The average Bonchev–Trinajstić information content (AvgIpc) is 2.14. The molecule has 0 aromatic heterocycles. The maximum absolute atomic E-state index is 12.0. The van der Waals surface area contributed by atoms with Crippen LogP contribution in [0, 0.1) is 0 Å². The van der Waals surface area contributed by atoms with Crippen LogP contribution in [-0.2, 0) is 9.47 Å². The zero-order chi connectivity index (χ0) is 13.1. The maximum atomic E-state index is 12.0. The third kappa shape index (κ3) is 4.91. The van der Waals surface area contributed by atoms with Crippen LogP contribution in [-0.4, -0.2) is 48.4 Å². The second-order valence-electron chi connectivity index (χ2n) is 5.62. The van der Waals surface area contributed by atoms with Crippen LogP contribution in [0.2, 0.25) is 0 Å². The summed E-state index contributed by atoms with van der Waals surface area (Å²) in [6, 6.07) is 0.0743. The van der Waals surface area contributed by atoms with Crippen molar-refractivity contribution in [3.63, 3.8) is 0 Å². The summed E-state index contributed by atoms with van der Waals surface area (Å²) in [6.45, 7) is 9.22. The molecule has 1 unspecified atom stereocenters. The lowest BCUT2D eigenvalue weighted by molar-refractivity contribution is -0.0348. The zero-order valence-electron chi connectivity index (χ0n) is 11.2. The van der Waals surface area contributed by atoms with Crippen molar-refractivity contribution in [2.24, 2.45) is 5.73 Å². The van der Waals surface area contributed by atoms with Gasteiger partial charge < -0.3 is 20.1 Å². The highest BCUT2D eigenvalue weighted by molar-refractivity contribution is 5.68. The molecule has 1 saturated heterocycles. The van der Waals surface area contributed by atoms with Crippen molar-refractivity contribution in [2.75, 3.05) is 19.8 Å². The number of morpholine rings is 1. The summed E-state index contributed by atoms with van der Waals surface area (Å²) in [5.41, 5.74) is 5.31. The summed E-state index contributed by atoms with van der Waals surface area (Å²) in [5.74, 6) is 0. The van der Waals surface area contributed by atoms with Gasteiger partial charge in [0.05, 0.1) is 19.3 Å². The highest BCUT2D eigenvalue weighted by atomic mass is 16.6. The van der Waals surface area contributed by atoms with Crippen LogP contribution in [0.15, 0.2) is 0 Å². The first kappa shape index (κ1) is 14.3. The molecule has 2 N–H and O–H groups in total. The van der Waals surface area contributed by atoms with Gasteiger partial charge in [-0.25, -0.2) is 4.79 Å². The number of amides is 1. The third-order valence-corrected chi connectivity index (χ3v) is 2.50. The molecule has 2 atom stereocenters. The van der Waals surface area contributed by atoms with Crippen molar-refractivity contribution in [3.05, 3.63) is 0 Å². The Bertz CT molecular complexity index is 261. The lowest BCUT2D eigenvalue weighted by Crippen LogP contribution is -2.51. The average molecular weight is 244 g/mol. The molecular weight excluding hydrogens is 220 g/mol. The van der Waals surface area contributed by atoms with E-state index in [-0.39, 0.29) is 18.2 Å². The predicted octanol–water partition coefficient (Wildman–Crippen LogP) is 1.36. The van der Waals surface area contributed by atoms with E-state index in [1.807, 2.05) is 27.7 Å². The van der Waals surface area contributed by atoms with Crippen molar-refractivity contribution >= 4 is 6.09 Å². The maximum Gasteiger partial charge on any atom is 0.410 e. The number of hydrogen-bond acceptors (Lipinski definition) is 4. The Morgan fingerprint density at radius 3 is 2.76 bits per heavy atom. The van der Waals surface area contributed by atoms with Gasteiger partial charge in [-0.1, -0.05) is 0 Å². The Labute approximate surface area is 103 Å². The van der Waals surface area contributed by atoms with Crippen LogP contribution in [0.3, 0.4) is 0 Å². The molecule has 1 heterocycles. The Morgan fingerprint density at radius 1 is 1.59 bits per heavy atom. The van der Waals surface area contributed by atoms with Crippen LogP contribution < -0.4 is 5.73 Å². The van der Waals surface area contributed by atoms with E-state index in [0.29, 0.717) is 19.8 Å². The van der Waals surface area contributed by atoms with E-state index < -0.39 is 5.60 Å². The summed E-state index contributed by atoms with van der Waals surface area (Å²) in [5, 5.41) is 0. The standard InChI is InChI=1S/C12H24N2O3/c1-9(13)7-10-8-16-6-5-14(10)11(15)17-12(2,3)4/h9-10H,5-8,13H2,1-4H3/t9-,10?/m1/s1. The van der Waals surface area contributed by atoms with Crippen molar-refractivity contribution in [2.45, 2.75) is 51.8 Å². The van der Waals surface area contributed by atoms with Crippen molar-refractivity contribution in [1.82, 2.24) is 4.90 Å². The second-order valence-corrected chi connectivity index (χ2v) is 5.62. The molecule has 1 amide bonds. The minimum atomic E-state index is -0.464. The highest BCUT2D eigenvalue weighted by Gasteiger charge is 2.31. The summed E-state index contributed by atoms with van der Waals surface area (Å²) in [4.78, 5) is 13.7. The predicted molar refractivity (Wildman–Crippen MR) is 65.8 cm³/mol. The fraction of sp³-hybridized carbons (Fsp3) is 0.917. The Kier molecular flexibility index (Phi) is 4.77. The smallest absolute Gasteiger partial charge is 0.410 e. The SMILES string of the molecule is C[C@@H](N)CC1COCCN1C(=O)OC(C)(C)C. The number of hydrogen-bond donors (Lipinski definition) is 1. The van der Waals surface area contributed by atoms with Crippen molar-refractivity contribution < 1.29 is 14.3 Å². The molecule has 5 heteroatoms. The van der Waals surface area contributed by atoms with Gasteiger partial charge in [0.25, 0.3) is 0 Å². The van der Waals surface area contributed by atoms with Gasteiger partial charge >= 0.3 is 6.09 Å². The van der Waals surface area contributed by atoms with Gasteiger partial charge in [-0.3, -0.25) is 0 Å². The number of ether oxygens (including phenoxy) is 2. The highest BCUT2D eigenvalue weighted by Crippen LogP contribution is 2.17. The number of rotatable bonds is 2. The van der Waals surface area contributed by atoms with Crippen LogP contribution in [0.5, 0.6) is 0 Å². The molecule has 1 fully saturated rings. The molecule has 0 aliphatic carbocycles. The van der Waals surface area contributed by atoms with Gasteiger partial charge in [-0.05, 0) is 34.1 Å². The van der Waals surface area contributed by atoms with Gasteiger partial charge in [0.1, 0.15) is 5.60 Å². The quantitative estimate of drug-likeness (QED) is 0.796. The molecule has 1 aliphatic rings. The number of nitrogens with zero attached hydrogens (tertiary/aromatic N) is 1. The van der Waals surface area contributed by atoms with Gasteiger partial charge in [-0.15, -0.1) is 0 Å². The minimum absolute atomic E-state index is 0.0265. The Balaban J connectivity index is 2.61. The molecule has 0 radical (unpaired) electrons. The summed E-state index contributed by atoms with van der Waals surface area (Å²) in [7, 11) is 0. The van der Waals surface area contributed by atoms with E-state index in [9.17, 15) is 4.79 Å². The lowest BCUT2D eigenvalue weighted by Gasteiger charge is -2.37. The van der Waals surface area contributed by atoms with E-state index >= 15 is 0 Å². The molecule has 0 aromatic carbocycles. The van der Waals surface area contributed by atoms with E-state index in [1.165, 1.54) is 0 Å². The molecule has 5 nitrogen and oxygen atoms in total. The molecule has 0 spiro atoms. The van der Waals surface area contributed by atoms with Crippen LogP contribution in [0.4, 0.5) is 4.79 Å². The summed E-state index contributed by atoms with van der Waals surface area (Å²) < 4.78 is 10.8. The molecule has 1 aliphatic heterocycles. The fourth-order valence-corrected chi connectivity index (χ4v) is 1.84. The zero-order valence-corrected chi connectivity index (χ0v) is 11.2. The second kappa shape index (κ2) is 5.69. The first-order valence-electron chi connectivity index (χ1n) is 6.12. The third-order valence-electron chi connectivity index (χ3n) is 2.50. The van der Waals surface area contributed by atoms with Gasteiger partial charge in [-0.2, -0.15) is 0 Å². The number of carbonyl (C=O) groups is 1. The van der Waals surface area contributed by atoms with E-state index in [0.717, 1.165) is 6.42 Å². The minimum Gasteiger partial charge on any atom is -0.444 e. The Hall–Kier alpha value is -0.810. The fourth-order valence-electron chi connectivity index (χ4n) is 1.84. The van der Waals surface area contributed by atoms with Crippen molar-refractivity contribution in [3.8, 4) is 0 Å². The molecule has 0 saturated carbocycles. The molecule has 100 valence electrons. The first-order valence-corrected chi connectivity index (χ1v) is 6.12. The van der Waals surface area contributed by atoms with Gasteiger partial charge in [0, 0.05) is 12.6 Å². The van der Waals surface area contributed by atoms with E-state index in [2.05, 4.69) is 0 Å². The molecule has 0 aromatic rings. The largest absolute Gasteiger partial charge is 0.444 e. The van der Waals surface area contributed by atoms with E-state index in [4.69, 9.17) is 15.2 Å². The monoisotopic (exact) mass is 244 g/mol. The van der Waals surface area contributed by atoms with Crippen LogP contribution >= 0.6 is 0 Å². The van der Waals surface area contributed by atoms with E-state index in [1.54, 1.807) is 4.90 Å². The van der Waals surface area contributed by atoms with Crippen molar-refractivity contribution in [1.29, 1.82) is 0 Å². The summed E-state index contributed by atoms with van der Waals surface area (Å²) >= 11 is 0. The van der Waals surface area contributed by atoms with Crippen LogP contribution in [0.25, 0.3) is 0 Å². The molecule has 0 bridgehead atoms. The molecule has 1 rings (SSSR count). The number of carbonyl (C=O) groups excluding carboxylic acids is 1. The van der Waals surface area contributed by atoms with Gasteiger partial charge in [0.15, 0.2) is 0 Å². The van der Waals surface area contributed by atoms with Crippen LogP contribution in [0.1, 0.15) is 34.1 Å². The first-order chi connectivity index (χ1) is 7.79.